The zero-order chi connectivity index (χ0) is 22.8. The lowest BCUT2D eigenvalue weighted by Gasteiger charge is -2.08. The first-order valence-corrected chi connectivity index (χ1v) is 9.79. The number of furan rings is 1. The lowest BCUT2D eigenvalue weighted by molar-refractivity contribution is -0.139. The molecule has 0 fully saturated rings. The van der Waals surface area contributed by atoms with Gasteiger partial charge in [-0.3, -0.25) is 14.4 Å². The van der Waals surface area contributed by atoms with Crippen molar-refractivity contribution in [1.82, 2.24) is 10.7 Å². The van der Waals surface area contributed by atoms with Gasteiger partial charge in [0.2, 0.25) is 0 Å². The zero-order valence-electron chi connectivity index (χ0n) is 16.7. The summed E-state index contributed by atoms with van der Waals surface area (Å²) in [7, 11) is 0. The van der Waals surface area contributed by atoms with Gasteiger partial charge < -0.3 is 19.8 Å². The van der Waals surface area contributed by atoms with Crippen LogP contribution in [0, 0.1) is 0 Å². The lowest BCUT2D eigenvalue weighted by atomic mass is 10.2. The van der Waals surface area contributed by atoms with E-state index in [1.807, 2.05) is 0 Å². The van der Waals surface area contributed by atoms with Gasteiger partial charge in [-0.15, -0.1) is 0 Å². The molecule has 3 rings (SSSR count). The van der Waals surface area contributed by atoms with E-state index in [0.717, 1.165) is 0 Å². The number of nitrogens with one attached hydrogen (secondary N) is 3. The van der Waals surface area contributed by atoms with E-state index in [-0.39, 0.29) is 19.1 Å². The number of carbonyl (C=O) groups excluding carboxylic acids is 3. The van der Waals surface area contributed by atoms with Gasteiger partial charge in [-0.1, -0.05) is 17.7 Å². The van der Waals surface area contributed by atoms with Crippen molar-refractivity contribution in [2.75, 3.05) is 11.9 Å². The van der Waals surface area contributed by atoms with Gasteiger partial charge in [-0.2, -0.15) is 5.10 Å². The minimum atomic E-state index is -0.904. The molecule has 164 valence electrons. The van der Waals surface area contributed by atoms with Crippen LogP contribution in [0.2, 0.25) is 5.02 Å². The molecule has 0 atom stereocenters. The van der Waals surface area contributed by atoms with Crippen molar-refractivity contribution < 1.29 is 23.5 Å². The summed E-state index contributed by atoms with van der Waals surface area (Å²) in [6.45, 7) is -0.0787. The first-order chi connectivity index (χ1) is 15.5. The number of carbonyl (C=O) groups is 3. The van der Waals surface area contributed by atoms with Crippen molar-refractivity contribution in [3.8, 4) is 5.75 Å². The minimum Gasteiger partial charge on any atom is -0.484 e. The summed E-state index contributed by atoms with van der Waals surface area (Å²) < 4.78 is 10.5. The second-order valence-corrected chi connectivity index (χ2v) is 6.81. The molecule has 0 spiro atoms. The molecule has 0 saturated carbocycles. The van der Waals surface area contributed by atoms with E-state index in [4.69, 9.17) is 20.8 Å². The molecule has 0 unspecified atom stereocenters. The molecule has 0 radical (unpaired) electrons. The molecular formula is C22H19ClN4O5. The normalized spacial score (nSPS) is 10.5. The smallest absolute Gasteiger partial charge is 0.329 e. The molecule has 3 aromatic rings. The average molecular weight is 455 g/mol. The molecule has 10 heteroatoms. The van der Waals surface area contributed by atoms with Crippen LogP contribution in [-0.4, -0.2) is 30.5 Å². The van der Waals surface area contributed by atoms with Crippen LogP contribution >= 0.6 is 11.6 Å². The minimum absolute atomic E-state index is 0.0988. The topological polar surface area (TPSA) is 122 Å². The zero-order valence-corrected chi connectivity index (χ0v) is 17.5. The van der Waals surface area contributed by atoms with Crippen molar-refractivity contribution in [2.45, 2.75) is 6.54 Å². The molecular weight excluding hydrogens is 436 g/mol. The summed E-state index contributed by atoms with van der Waals surface area (Å²) in [5.41, 5.74) is 3.37. The summed E-state index contributed by atoms with van der Waals surface area (Å²) in [6, 6.07) is 16.8. The van der Waals surface area contributed by atoms with E-state index in [1.54, 1.807) is 60.7 Å². The predicted molar refractivity (Wildman–Crippen MR) is 118 cm³/mol. The molecule has 2 aromatic carbocycles. The summed E-state index contributed by atoms with van der Waals surface area (Å²) in [5.74, 6) is -1.06. The number of hydrogen-bond donors (Lipinski definition) is 3. The largest absolute Gasteiger partial charge is 0.484 e. The number of hydrogen-bond acceptors (Lipinski definition) is 6. The highest BCUT2D eigenvalue weighted by molar-refractivity contribution is 6.35. The maximum atomic E-state index is 12.0. The highest BCUT2D eigenvalue weighted by Crippen LogP contribution is 2.15. The quantitative estimate of drug-likeness (QED) is 0.274. The molecule has 3 amide bonds. The van der Waals surface area contributed by atoms with Gasteiger partial charge in [0.05, 0.1) is 19.0 Å². The van der Waals surface area contributed by atoms with Gasteiger partial charge in [0.1, 0.15) is 11.5 Å². The number of hydrazone groups is 1. The van der Waals surface area contributed by atoms with Gasteiger partial charge in [0, 0.05) is 10.7 Å². The molecule has 32 heavy (non-hydrogen) atoms. The number of rotatable bonds is 8. The Morgan fingerprint density at radius 3 is 2.56 bits per heavy atom. The Bertz CT molecular complexity index is 1100. The summed E-state index contributed by atoms with van der Waals surface area (Å²) in [5, 5.41) is 9.35. The van der Waals surface area contributed by atoms with E-state index >= 15 is 0 Å². The molecule has 9 nitrogen and oxygen atoms in total. The fourth-order valence-electron chi connectivity index (χ4n) is 2.44. The van der Waals surface area contributed by atoms with Crippen molar-refractivity contribution in [1.29, 1.82) is 0 Å². The fourth-order valence-corrected chi connectivity index (χ4v) is 2.63. The van der Waals surface area contributed by atoms with Crippen LogP contribution in [0.15, 0.2) is 76.4 Å². The first-order valence-electron chi connectivity index (χ1n) is 9.41. The molecule has 1 aromatic heterocycles. The van der Waals surface area contributed by atoms with E-state index in [1.165, 1.54) is 12.5 Å². The molecule has 0 saturated heterocycles. The van der Waals surface area contributed by atoms with Crippen LogP contribution in [0.5, 0.6) is 5.75 Å². The van der Waals surface area contributed by atoms with E-state index < -0.39 is 11.8 Å². The molecule has 0 aliphatic carbocycles. The number of halogens is 1. The molecule has 1 heterocycles. The highest BCUT2D eigenvalue weighted by atomic mass is 35.5. The molecule has 0 aliphatic rings. The lowest BCUT2D eigenvalue weighted by Crippen LogP contribution is -2.37. The Hall–Kier alpha value is -4.11. The number of nitrogens with zero attached hydrogens (tertiary/aromatic N) is 1. The van der Waals surface area contributed by atoms with Crippen molar-refractivity contribution in [3.63, 3.8) is 0 Å². The maximum absolute atomic E-state index is 12.0. The Morgan fingerprint density at radius 1 is 1.03 bits per heavy atom. The van der Waals surface area contributed by atoms with Crippen LogP contribution in [-0.2, 0) is 20.9 Å². The molecule has 0 bridgehead atoms. The third-order valence-corrected chi connectivity index (χ3v) is 4.18. The Balaban J connectivity index is 1.39. The number of amides is 3. The number of benzene rings is 2. The van der Waals surface area contributed by atoms with Crippen molar-refractivity contribution in [2.24, 2.45) is 5.10 Å². The number of anilines is 1. The van der Waals surface area contributed by atoms with Crippen LogP contribution in [0.25, 0.3) is 0 Å². The van der Waals surface area contributed by atoms with Crippen molar-refractivity contribution >= 4 is 41.2 Å². The van der Waals surface area contributed by atoms with Gasteiger partial charge >= 0.3 is 11.8 Å². The Kier molecular flexibility index (Phi) is 7.99. The predicted octanol–water partition coefficient (Wildman–Crippen LogP) is 2.72. The summed E-state index contributed by atoms with van der Waals surface area (Å²) in [4.78, 5) is 35.4. The Morgan fingerprint density at radius 2 is 1.84 bits per heavy atom. The Labute approximate surface area is 188 Å². The SMILES string of the molecule is O=C(COc1ccc(/C=N\NC(=O)C(=O)NCc2ccco2)cc1)Nc1cccc(Cl)c1. The summed E-state index contributed by atoms with van der Waals surface area (Å²) in [6.07, 6.45) is 2.84. The van der Waals surface area contributed by atoms with E-state index in [9.17, 15) is 14.4 Å². The second kappa shape index (κ2) is 11.3. The van der Waals surface area contributed by atoms with Crippen molar-refractivity contribution in [3.05, 3.63) is 83.3 Å². The third-order valence-electron chi connectivity index (χ3n) is 3.95. The standard InChI is InChI=1S/C22H19ClN4O5/c23-16-3-1-4-17(11-16)26-20(28)14-32-18-8-6-15(7-9-18)12-25-27-22(30)21(29)24-13-19-5-2-10-31-19/h1-12H,13-14H2,(H,24,29)(H,26,28)(H,27,30)/b25-12-. The first kappa shape index (κ1) is 22.6. The number of ether oxygens (including phenoxy) is 1. The summed E-state index contributed by atoms with van der Waals surface area (Å²) >= 11 is 5.88. The average Bonchev–Trinajstić information content (AvgIpc) is 3.30. The van der Waals surface area contributed by atoms with Gasteiger partial charge in [0.25, 0.3) is 5.91 Å². The van der Waals surface area contributed by atoms with Crippen LogP contribution < -0.4 is 20.8 Å². The third kappa shape index (κ3) is 7.29. The highest BCUT2D eigenvalue weighted by Gasteiger charge is 2.12. The van der Waals surface area contributed by atoms with Gasteiger partial charge in [-0.05, 0) is 60.2 Å². The van der Waals surface area contributed by atoms with Crippen LogP contribution in [0.3, 0.4) is 0 Å². The fraction of sp³-hybridized carbons (Fsp3) is 0.0909. The van der Waals surface area contributed by atoms with Gasteiger partial charge in [0.15, 0.2) is 6.61 Å². The van der Waals surface area contributed by atoms with Crippen LogP contribution in [0.4, 0.5) is 5.69 Å². The van der Waals surface area contributed by atoms with Gasteiger partial charge in [-0.25, -0.2) is 5.43 Å². The molecule has 3 N–H and O–H groups in total. The maximum Gasteiger partial charge on any atom is 0.329 e. The van der Waals surface area contributed by atoms with Crippen LogP contribution in [0.1, 0.15) is 11.3 Å². The van der Waals surface area contributed by atoms with E-state index in [2.05, 4.69) is 21.2 Å². The molecule has 0 aliphatic heterocycles. The van der Waals surface area contributed by atoms with E-state index in [0.29, 0.717) is 27.8 Å². The monoisotopic (exact) mass is 454 g/mol. The second-order valence-electron chi connectivity index (χ2n) is 6.38.